The van der Waals surface area contributed by atoms with Gasteiger partial charge in [-0.25, -0.2) is 9.59 Å². The third-order valence-electron chi connectivity index (χ3n) is 5.98. The van der Waals surface area contributed by atoms with E-state index in [2.05, 4.69) is 10.6 Å². The summed E-state index contributed by atoms with van der Waals surface area (Å²) in [7, 11) is 1.57. The van der Waals surface area contributed by atoms with Gasteiger partial charge in [-0.2, -0.15) is 0 Å². The van der Waals surface area contributed by atoms with Gasteiger partial charge in [0.15, 0.2) is 0 Å². The zero-order valence-corrected chi connectivity index (χ0v) is 22.2. The number of esters is 1. The molecule has 0 spiro atoms. The molecular formula is C25H30N3O6S2+. The Hall–Kier alpha value is -3.05. The van der Waals surface area contributed by atoms with Crippen LogP contribution in [0.2, 0.25) is 0 Å². The maximum Gasteiger partial charge on any atom is 0.442 e. The molecule has 1 aromatic carbocycles. The monoisotopic (exact) mass is 532 g/mol. The summed E-state index contributed by atoms with van der Waals surface area (Å²) in [5.41, 5.74) is 1.54. The number of H-pyrrole nitrogens is 1. The van der Waals surface area contributed by atoms with Gasteiger partial charge in [0.05, 0.1) is 24.5 Å². The van der Waals surface area contributed by atoms with Crippen molar-refractivity contribution >= 4 is 40.0 Å². The number of nitrogens with zero attached hydrogens (tertiary/aromatic N) is 1. The van der Waals surface area contributed by atoms with E-state index in [0.29, 0.717) is 22.0 Å². The van der Waals surface area contributed by atoms with Gasteiger partial charge < -0.3 is 14.8 Å². The highest BCUT2D eigenvalue weighted by Gasteiger charge is 2.31. The number of hydrogen-bond donors (Lipinski definition) is 2. The first-order valence-electron chi connectivity index (χ1n) is 12.0. The highest BCUT2D eigenvalue weighted by atomic mass is 32.2. The summed E-state index contributed by atoms with van der Waals surface area (Å²) < 4.78 is 17.0. The molecule has 3 aromatic rings. The van der Waals surface area contributed by atoms with Crippen molar-refractivity contribution in [3.63, 3.8) is 0 Å². The number of amides is 1. The van der Waals surface area contributed by atoms with E-state index >= 15 is 0 Å². The highest BCUT2D eigenvalue weighted by Crippen LogP contribution is 2.38. The Labute approximate surface area is 217 Å². The highest BCUT2D eigenvalue weighted by molar-refractivity contribution is 8.00. The van der Waals surface area contributed by atoms with Crippen LogP contribution in [-0.2, 0) is 22.4 Å². The van der Waals surface area contributed by atoms with E-state index < -0.39 is 16.8 Å². The lowest BCUT2D eigenvalue weighted by atomic mass is 9.96. The number of nitrogens with one attached hydrogen (secondary N) is 2. The van der Waals surface area contributed by atoms with Gasteiger partial charge in [0.2, 0.25) is 11.6 Å². The summed E-state index contributed by atoms with van der Waals surface area (Å²) in [4.78, 5) is 39.6. The lowest BCUT2D eigenvalue weighted by Crippen LogP contribution is -2.37. The molecular weight excluding hydrogens is 502 g/mol. The standard InChI is InChI=1S/C25H29N3O6S2/c1-4-33-24(30)20-18-9-7-5-6-8-10-19(18)36-22(20)26-21(29)15(2)35-23-25(31)34-27-28(23)16-11-13-17(32-3)14-12-16/h11-15H,4-10H2,1-3H3,(H-,26,27,29,30,31)/p+1. The second kappa shape index (κ2) is 11.8. The Balaban J connectivity index is 1.56. The molecule has 2 heterocycles. The van der Waals surface area contributed by atoms with Crippen molar-refractivity contribution in [2.45, 2.75) is 62.6 Å². The number of aryl methyl sites for hydroxylation is 1. The molecule has 0 fully saturated rings. The van der Waals surface area contributed by atoms with E-state index in [-0.39, 0.29) is 17.5 Å². The van der Waals surface area contributed by atoms with Gasteiger partial charge in [0.1, 0.15) is 10.8 Å². The normalized spacial score (nSPS) is 14.3. The summed E-state index contributed by atoms with van der Waals surface area (Å²) in [6.07, 6.45) is 6.04. The van der Waals surface area contributed by atoms with Crippen LogP contribution in [0.5, 0.6) is 5.75 Å². The number of aromatic amines is 1. The molecule has 1 unspecified atom stereocenters. The lowest BCUT2D eigenvalue weighted by molar-refractivity contribution is -0.704. The number of carbonyl (C=O) groups is 2. The van der Waals surface area contributed by atoms with Crippen molar-refractivity contribution in [1.29, 1.82) is 0 Å². The first-order valence-corrected chi connectivity index (χ1v) is 13.7. The predicted octanol–water partition coefficient (Wildman–Crippen LogP) is 4.27. The minimum atomic E-state index is -0.645. The molecule has 0 bridgehead atoms. The van der Waals surface area contributed by atoms with Crippen molar-refractivity contribution in [1.82, 2.24) is 5.27 Å². The van der Waals surface area contributed by atoms with E-state index in [0.717, 1.165) is 60.7 Å². The van der Waals surface area contributed by atoms with Crippen molar-refractivity contribution in [3.8, 4) is 11.4 Å². The van der Waals surface area contributed by atoms with E-state index in [1.807, 2.05) is 0 Å². The van der Waals surface area contributed by atoms with Crippen molar-refractivity contribution in [2.24, 2.45) is 0 Å². The van der Waals surface area contributed by atoms with Crippen LogP contribution in [0.25, 0.3) is 5.69 Å². The summed E-state index contributed by atoms with van der Waals surface area (Å²) in [5, 5.41) is 5.62. The lowest BCUT2D eigenvalue weighted by Gasteiger charge is -2.12. The number of fused-ring (bicyclic) bond motifs is 1. The number of carbonyl (C=O) groups excluding carboxylic acids is 2. The molecule has 11 heteroatoms. The first kappa shape index (κ1) is 26.0. The van der Waals surface area contributed by atoms with E-state index in [9.17, 15) is 14.4 Å². The molecule has 1 amide bonds. The van der Waals surface area contributed by atoms with Gasteiger partial charge >= 0.3 is 16.6 Å². The second-order valence-corrected chi connectivity index (χ2v) is 10.8. The predicted molar refractivity (Wildman–Crippen MR) is 138 cm³/mol. The summed E-state index contributed by atoms with van der Waals surface area (Å²) in [6, 6.07) is 7.06. The largest absolute Gasteiger partial charge is 0.497 e. The second-order valence-electron chi connectivity index (χ2n) is 8.41. The molecule has 2 N–H and O–H groups in total. The van der Waals surface area contributed by atoms with Crippen LogP contribution in [0.3, 0.4) is 0 Å². The molecule has 192 valence electrons. The third-order valence-corrected chi connectivity index (χ3v) is 8.33. The van der Waals surface area contributed by atoms with Crippen LogP contribution in [0.4, 0.5) is 5.00 Å². The quantitative estimate of drug-likeness (QED) is 0.253. The SMILES string of the molecule is CCOC(=O)c1c(NC(=O)C(C)Sc2c(=O)o[nH][n+]2-c2ccc(OC)cc2)sc2c1CCCCCC2. The fraction of sp³-hybridized carbons (Fsp3) is 0.440. The molecule has 0 aliphatic heterocycles. The van der Waals surface area contributed by atoms with E-state index in [4.69, 9.17) is 14.0 Å². The minimum Gasteiger partial charge on any atom is -0.497 e. The molecule has 1 atom stereocenters. The molecule has 2 aromatic heterocycles. The Kier molecular flexibility index (Phi) is 8.52. The molecule has 4 rings (SSSR count). The number of thioether (sulfide) groups is 1. The van der Waals surface area contributed by atoms with E-state index in [1.165, 1.54) is 16.0 Å². The van der Waals surface area contributed by atoms with E-state index in [1.54, 1.807) is 45.2 Å². The van der Waals surface area contributed by atoms with Crippen LogP contribution >= 0.6 is 23.1 Å². The molecule has 0 saturated heterocycles. The number of ether oxygens (including phenoxy) is 2. The molecule has 1 aliphatic carbocycles. The average Bonchev–Trinajstić information content (AvgIpc) is 3.38. The minimum absolute atomic E-state index is 0.229. The smallest absolute Gasteiger partial charge is 0.442 e. The zero-order chi connectivity index (χ0) is 25.7. The van der Waals surface area contributed by atoms with Gasteiger partial charge in [-0.05, 0) is 78.9 Å². The summed E-state index contributed by atoms with van der Waals surface area (Å²) >= 11 is 2.53. The molecule has 9 nitrogen and oxygen atoms in total. The fourth-order valence-corrected chi connectivity index (χ4v) is 6.29. The number of thiophene rings is 1. The topological polar surface area (TPSA) is 115 Å². The number of aromatic nitrogens is 2. The Bertz CT molecular complexity index is 1280. The average molecular weight is 533 g/mol. The van der Waals surface area contributed by atoms with Gasteiger partial charge in [0.25, 0.3) is 0 Å². The van der Waals surface area contributed by atoms with Crippen LogP contribution < -0.4 is 20.4 Å². The van der Waals surface area contributed by atoms with Crippen LogP contribution in [0, 0.1) is 0 Å². The van der Waals surface area contributed by atoms with Gasteiger partial charge in [-0.1, -0.05) is 12.8 Å². The van der Waals surface area contributed by atoms with Gasteiger partial charge in [-0.15, -0.1) is 11.3 Å². The maximum absolute atomic E-state index is 13.2. The third kappa shape index (κ3) is 5.67. The molecule has 0 saturated carbocycles. The van der Waals surface area contributed by atoms with Crippen molar-refractivity contribution in [3.05, 3.63) is 50.7 Å². The molecule has 1 aliphatic rings. The van der Waals surface area contributed by atoms with Crippen molar-refractivity contribution in [2.75, 3.05) is 19.0 Å². The summed E-state index contributed by atoms with van der Waals surface area (Å²) in [5.74, 6) is -0.0500. The van der Waals surface area contributed by atoms with Crippen LogP contribution in [0.15, 0.2) is 38.6 Å². The molecule has 36 heavy (non-hydrogen) atoms. The van der Waals surface area contributed by atoms with Crippen LogP contribution in [0.1, 0.15) is 60.3 Å². The number of methoxy groups -OCH3 is 1. The number of rotatable bonds is 8. The fourth-order valence-electron chi connectivity index (χ4n) is 4.13. The Morgan fingerprint density at radius 3 is 2.61 bits per heavy atom. The van der Waals surface area contributed by atoms with Crippen molar-refractivity contribution < 1.29 is 28.3 Å². The summed E-state index contributed by atoms with van der Waals surface area (Å²) in [6.45, 7) is 3.74. The zero-order valence-electron chi connectivity index (χ0n) is 20.5. The number of anilines is 1. The maximum atomic E-state index is 13.2. The van der Waals surface area contributed by atoms with Crippen LogP contribution in [-0.4, -0.2) is 36.1 Å². The Morgan fingerprint density at radius 2 is 1.92 bits per heavy atom. The first-order chi connectivity index (χ1) is 17.4. The Morgan fingerprint density at radius 1 is 1.19 bits per heavy atom. The molecule has 0 radical (unpaired) electrons. The van der Waals surface area contributed by atoms with Gasteiger partial charge in [-0.3, -0.25) is 9.32 Å². The van der Waals surface area contributed by atoms with Gasteiger partial charge in [0, 0.05) is 17.0 Å². The number of benzene rings is 1. The number of hydrogen-bond acceptors (Lipinski definition) is 8.